The van der Waals surface area contributed by atoms with Crippen molar-refractivity contribution in [1.29, 1.82) is 0 Å². The van der Waals surface area contributed by atoms with Gasteiger partial charge in [0.2, 0.25) is 0 Å². The van der Waals surface area contributed by atoms with Gasteiger partial charge in [-0.15, -0.1) is 0 Å². The van der Waals surface area contributed by atoms with Crippen molar-refractivity contribution in [3.05, 3.63) is 29.3 Å². The van der Waals surface area contributed by atoms with Crippen LogP contribution in [0.25, 0.3) is 0 Å². The van der Waals surface area contributed by atoms with E-state index in [2.05, 4.69) is 5.32 Å². The molecule has 1 aliphatic rings. The minimum Gasteiger partial charge on any atom is -0.398 e. The van der Waals surface area contributed by atoms with Crippen molar-refractivity contribution in [1.82, 2.24) is 5.32 Å². The Kier molecular flexibility index (Phi) is 3.80. The highest BCUT2D eigenvalue weighted by molar-refractivity contribution is 7.92. The highest BCUT2D eigenvalue weighted by atomic mass is 32.2. The third kappa shape index (κ3) is 3.07. The van der Waals surface area contributed by atoms with Gasteiger partial charge >= 0.3 is 0 Å². The number of nitrogens with two attached hydrogens (primary N) is 1. The van der Waals surface area contributed by atoms with Crippen LogP contribution in [0.15, 0.2) is 18.2 Å². The third-order valence-corrected chi connectivity index (χ3v) is 5.77. The van der Waals surface area contributed by atoms with Crippen molar-refractivity contribution in [3.63, 3.8) is 0 Å². The lowest BCUT2D eigenvalue weighted by molar-refractivity contribution is 0.0953. The van der Waals surface area contributed by atoms with Crippen molar-refractivity contribution in [2.24, 2.45) is 0 Å². The molecule has 0 spiro atoms. The van der Waals surface area contributed by atoms with Crippen LogP contribution in [-0.2, 0) is 9.84 Å². The van der Waals surface area contributed by atoms with E-state index in [9.17, 15) is 13.2 Å². The number of sulfone groups is 1. The topological polar surface area (TPSA) is 89.3 Å². The predicted octanol–water partition coefficient (Wildman–Crippen LogP) is 0.884. The number of rotatable bonds is 3. The molecule has 6 heteroatoms. The van der Waals surface area contributed by atoms with E-state index in [1.54, 1.807) is 18.2 Å². The van der Waals surface area contributed by atoms with Crippen LogP contribution in [-0.4, -0.2) is 31.9 Å². The van der Waals surface area contributed by atoms with E-state index in [-0.39, 0.29) is 18.2 Å². The Morgan fingerprint density at radius 1 is 1.47 bits per heavy atom. The molecule has 2 rings (SSSR count). The lowest BCUT2D eigenvalue weighted by Crippen LogP contribution is -2.34. The molecule has 1 unspecified atom stereocenters. The maximum Gasteiger partial charge on any atom is 0.251 e. The Bertz CT molecular complexity index is 596. The van der Waals surface area contributed by atoms with Gasteiger partial charge < -0.3 is 11.1 Å². The van der Waals surface area contributed by atoms with Crippen LogP contribution < -0.4 is 11.1 Å². The quantitative estimate of drug-likeness (QED) is 0.806. The van der Waals surface area contributed by atoms with Crippen molar-refractivity contribution in [2.45, 2.75) is 25.0 Å². The molecule has 1 aromatic carbocycles. The van der Waals surface area contributed by atoms with Gasteiger partial charge in [0.1, 0.15) is 0 Å². The van der Waals surface area contributed by atoms with E-state index in [1.807, 2.05) is 6.92 Å². The number of carbonyl (C=O) groups is 1. The van der Waals surface area contributed by atoms with Crippen molar-refractivity contribution in [2.75, 3.05) is 18.0 Å². The van der Waals surface area contributed by atoms with Crippen molar-refractivity contribution < 1.29 is 13.2 Å². The Labute approximate surface area is 113 Å². The molecule has 19 heavy (non-hydrogen) atoms. The first-order valence-electron chi connectivity index (χ1n) is 6.26. The summed E-state index contributed by atoms with van der Waals surface area (Å²) in [5.41, 5.74) is 7.67. The Morgan fingerprint density at radius 2 is 2.21 bits per heavy atom. The molecule has 0 bridgehead atoms. The van der Waals surface area contributed by atoms with Gasteiger partial charge in [-0.1, -0.05) is 6.07 Å². The van der Waals surface area contributed by atoms with Gasteiger partial charge in [0.05, 0.1) is 11.0 Å². The zero-order valence-corrected chi connectivity index (χ0v) is 11.7. The second kappa shape index (κ2) is 5.21. The molecule has 1 heterocycles. The summed E-state index contributed by atoms with van der Waals surface area (Å²) in [5, 5.41) is 2.22. The van der Waals surface area contributed by atoms with E-state index >= 15 is 0 Å². The number of nitrogens with one attached hydrogen (secondary N) is 1. The largest absolute Gasteiger partial charge is 0.398 e. The van der Waals surface area contributed by atoms with Crippen LogP contribution in [0.4, 0.5) is 5.69 Å². The second-order valence-corrected chi connectivity index (χ2v) is 7.31. The molecule has 0 aromatic heterocycles. The molecule has 3 N–H and O–H groups in total. The highest BCUT2D eigenvalue weighted by Crippen LogP contribution is 2.19. The lowest BCUT2D eigenvalue weighted by atomic mass is 10.1. The number of amides is 1. The Morgan fingerprint density at radius 3 is 2.79 bits per heavy atom. The molecule has 1 fully saturated rings. The maximum atomic E-state index is 11.9. The van der Waals surface area contributed by atoms with Crippen LogP contribution in [0.5, 0.6) is 0 Å². The zero-order chi connectivity index (χ0) is 14.0. The minimum absolute atomic E-state index is 0.176. The van der Waals surface area contributed by atoms with Gasteiger partial charge in [0, 0.05) is 17.8 Å². The van der Waals surface area contributed by atoms with Crippen molar-refractivity contribution in [3.8, 4) is 0 Å². The lowest BCUT2D eigenvalue weighted by Gasteiger charge is -2.11. The summed E-state index contributed by atoms with van der Waals surface area (Å²) in [4.78, 5) is 11.9. The van der Waals surface area contributed by atoms with E-state index in [0.29, 0.717) is 24.1 Å². The molecular weight excluding hydrogens is 264 g/mol. The molecule has 0 radical (unpaired) electrons. The van der Waals surface area contributed by atoms with Crippen molar-refractivity contribution >= 4 is 21.4 Å². The predicted molar refractivity (Wildman–Crippen MR) is 74.7 cm³/mol. The zero-order valence-electron chi connectivity index (χ0n) is 10.8. The molecule has 0 saturated carbocycles. The van der Waals surface area contributed by atoms with Gasteiger partial charge in [-0.05, 0) is 37.5 Å². The summed E-state index contributed by atoms with van der Waals surface area (Å²) < 4.78 is 23.3. The first kappa shape index (κ1) is 13.9. The van der Waals surface area contributed by atoms with Crippen LogP contribution in [0, 0.1) is 6.92 Å². The number of nitrogen functional groups attached to an aromatic ring is 1. The third-order valence-electron chi connectivity index (χ3n) is 3.49. The minimum atomic E-state index is -3.02. The fourth-order valence-electron chi connectivity index (χ4n) is 2.18. The van der Waals surface area contributed by atoms with Gasteiger partial charge in [0.25, 0.3) is 5.91 Å². The summed E-state index contributed by atoms with van der Waals surface area (Å²) in [6.07, 6.45) is 1.30. The fourth-order valence-corrected chi connectivity index (χ4v) is 3.94. The van der Waals surface area contributed by atoms with Gasteiger partial charge in [0.15, 0.2) is 9.84 Å². The number of carbonyl (C=O) groups excluding carboxylic acids is 1. The average molecular weight is 282 g/mol. The normalized spacial score (nSPS) is 21.2. The molecule has 1 aromatic rings. The number of anilines is 1. The highest BCUT2D eigenvalue weighted by Gasteiger charge is 2.31. The van der Waals surface area contributed by atoms with E-state index in [1.165, 1.54) is 0 Å². The smallest absolute Gasteiger partial charge is 0.251 e. The number of hydrogen-bond donors (Lipinski definition) is 2. The first-order valence-corrected chi connectivity index (χ1v) is 7.97. The van der Waals surface area contributed by atoms with Gasteiger partial charge in [-0.2, -0.15) is 0 Å². The van der Waals surface area contributed by atoms with Crippen LogP contribution >= 0.6 is 0 Å². The second-order valence-electron chi connectivity index (χ2n) is 4.91. The standard InChI is InChI=1S/C13H18N2O3S/c1-9-4-5-10(7-12(9)14)13(16)15-8-11-3-2-6-19(11,17)18/h4-5,7,11H,2-3,6,8,14H2,1H3,(H,15,16). The van der Waals surface area contributed by atoms with Gasteiger partial charge in [-0.25, -0.2) is 8.42 Å². The first-order chi connectivity index (χ1) is 8.90. The molecule has 1 atom stereocenters. The van der Waals surface area contributed by atoms with Gasteiger partial charge in [-0.3, -0.25) is 4.79 Å². The SMILES string of the molecule is Cc1ccc(C(=O)NCC2CCCS2(=O)=O)cc1N. The number of hydrogen-bond acceptors (Lipinski definition) is 4. The number of benzene rings is 1. The van der Waals surface area contributed by atoms with Crippen LogP contribution in [0.3, 0.4) is 0 Å². The van der Waals surface area contributed by atoms with E-state index < -0.39 is 15.1 Å². The molecule has 104 valence electrons. The number of aryl methyl sites for hydroxylation is 1. The van der Waals surface area contributed by atoms with Crippen LogP contribution in [0.2, 0.25) is 0 Å². The summed E-state index contributed by atoms with van der Waals surface area (Å²) in [7, 11) is -3.02. The molecule has 1 saturated heterocycles. The maximum absolute atomic E-state index is 11.9. The molecular formula is C13H18N2O3S. The Hall–Kier alpha value is -1.56. The van der Waals surface area contributed by atoms with E-state index in [0.717, 1.165) is 5.56 Å². The average Bonchev–Trinajstić information content (AvgIpc) is 2.69. The Balaban J connectivity index is 2.00. The summed E-state index contributed by atoms with van der Waals surface area (Å²) in [6.45, 7) is 2.04. The fraction of sp³-hybridized carbons (Fsp3) is 0.462. The monoisotopic (exact) mass is 282 g/mol. The molecule has 0 aliphatic carbocycles. The summed E-state index contributed by atoms with van der Waals surface area (Å²) >= 11 is 0. The van der Waals surface area contributed by atoms with Crippen LogP contribution in [0.1, 0.15) is 28.8 Å². The summed E-state index contributed by atoms with van der Waals surface area (Å²) in [5.74, 6) is -0.0563. The summed E-state index contributed by atoms with van der Waals surface area (Å²) in [6, 6.07) is 5.06. The molecule has 1 amide bonds. The molecule has 5 nitrogen and oxygen atoms in total. The van der Waals surface area contributed by atoms with E-state index in [4.69, 9.17) is 5.73 Å². The molecule has 1 aliphatic heterocycles.